The minimum absolute atomic E-state index is 0.0598. The topological polar surface area (TPSA) is 26.3 Å². The minimum atomic E-state index is -0.177. The molecule has 0 fully saturated rings. The minimum Gasteiger partial charge on any atom is -0.462 e. The van der Waals surface area contributed by atoms with Crippen LogP contribution in [0.4, 0.5) is 0 Å². The summed E-state index contributed by atoms with van der Waals surface area (Å²) >= 11 is 0. The summed E-state index contributed by atoms with van der Waals surface area (Å²) in [6.07, 6.45) is 2.87. The Morgan fingerprint density at radius 1 is 1.40 bits per heavy atom. The van der Waals surface area contributed by atoms with Gasteiger partial charge in [0.25, 0.3) is 0 Å². The third kappa shape index (κ3) is 2.20. The molecule has 0 amide bonds. The molecule has 0 bridgehead atoms. The zero-order valence-electron chi connectivity index (χ0n) is 9.25. The Morgan fingerprint density at radius 2 is 2.13 bits per heavy atom. The maximum absolute atomic E-state index is 10.9. The van der Waals surface area contributed by atoms with E-state index in [1.54, 1.807) is 0 Å². The van der Waals surface area contributed by atoms with E-state index in [1.165, 1.54) is 23.6 Å². The number of aryl methyl sites for hydroxylation is 1. The summed E-state index contributed by atoms with van der Waals surface area (Å²) in [5.41, 5.74) is 4.04. The van der Waals surface area contributed by atoms with Crippen molar-refractivity contribution in [2.45, 2.75) is 39.2 Å². The number of rotatable bonds is 2. The zero-order valence-corrected chi connectivity index (χ0v) is 9.25. The maximum Gasteiger partial charge on any atom is 0.302 e. The number of ether oxygens (including phenoxy) is 1. The molecule has 1 aliphatic rings. The predicted molar refractivity (Wildman–Crippen MR) is 58.8 cm³/mol. The largest absolute Gasteiger partial charge is 0.462 e. The summed E-state index contributed by atoms with van der Waals surface area (Å²) in [4.78, 5) is 10.9. The fraction of sp³-hybridized carbons (Fsp3) is 0.462. The maximum atomic E-state index is 10.9. The van der Waals surface area contributed by atoms with Gasteiger partial charge in [0.1, 0.15) is 6.10 Å². The first-order chi connectivity index (χ1) is 7.19. The first kappa shape index (κ1) is 10.2. The van der Waals surface area contributed by atoms with Gasteiger partial charge >= 0.3 is 5.97 Å². The van der Waals surface area contributed by atoms with E-state index in [1.807, 2.05) is 0 Å². The Labute approximate surface area is 90.3 Å². The molecule has 0 spiro atoms. The van der Waals surface area contributed by atoms with Crippen molar-refractivity contribution in [1.29, 1.82) is 0 Å². The smallest absolute Gasteiger partial charge is 0.302 e. The molecule has 1 unspecified atom stereocenters. The molecule has 1 aromatic carbocycles. The molecule has 0 saturated carbocycles. The molecular weight excluding hydrogens is 188 g/mol. The molecule has 2 nitrogen and oxygen atoms in total. The molecule has 80 valence electrons. The van der Waals surface area contributed by atoms with Crippen LogP contribution < -0.4 is 0 Å². The monoisotopic (exact) mass is 204 g/mol. The summed E-state index contributed by atoms with van der Waals surface area (Å²) in [5.74, 6) is -0.177. The number of carbonyl (C=O) groups is 1. The molecule has 0 aromatic heterocycles. The van der Waals surface area contributed by atoms with E-state index in [0.717, 1.165) is 19.3 Å². The molecule has 2 rings (SSSR count). The summed E-state index contributed by atoms with van der Waals surface area (Å²) in [6.45, 7) is 3.63. The van der Waals surface area contributed by atoms with E-state index >= 15 is 0 Å². The van der Waals surface area contributed by atoms with Crippen molar-refractivity contribution >= 4 is 5.97 Å². The van der Waals surface area contributed by atoms with Crippen molar-refractivity contribution in [2.24, 2.45) is 0 Å². The molecule has 0 aliphatic heterocycles. The average Bonchev–Trinajstić information content (AvgIpc) is 2.57. The summed E-state index contributed by atoms with van der Waals surface area (Å²) in [5, 5.41) is 0. The Balaban J connectivity index is 2.13. The van der Waals surface area contributed by atoms with Gasteiger partial charge in [-0.15, -0.1) is 0 Å². The van der Waals surface area contributed by atoms with Crippen molar-refractivity contribution in [1.82, 2.24) is 0 Å². The predicted octanol–water partition coefficient (Wildman–Crippen LogP) is 2.28. The zero-order chi connectivity index (χ0) is 10.8. The molecule has 2 heteroatoms. The molecular formula is C13H16O2. The van der Waals surface area contributed by atoms with Crippen molar-refractivity contribution in [3.05, 3.63) is 34.9 Å². The van der Waals surface area contributed by atoms with Crippen LogP contribution in [0.5, 0.6) is 0 Å². The molecule has 0 radical (unpaired) electrons. The van der Waals surface area contributed by atoms with Crippen molar-refractivity contribution in [3.8, 4) is 0 Å². The van der Waals surface area contributed by atoms with Gasteiger partial charge in [0.15, 0.2) is 0 Å². The molecule has 15 heavy (non-hydrogen) atoms. The van der Waals surface area contributed by atoms with Crippen LogP contribution in [0, 0.1) is 0 Å². The van der Waals surface area contributed by atoms with Crippen LogP contribution in [0.1, 0.15) is 30.5 Å². The second kappa shape index (κ2) is 4.05. The van der Waals surface area contributed by atoms with Crippen molar-refractivity contribution < 1.29 is 9.53 Å². The molecule has 0 saturated heterocycles. The number of carbonyl (C=O) groups excluding carboxylic acids is 1. The van der Waals surface area contributed by atoms with E-state index in [2.05, 4.69) is 25.1 Å². The quantitative estimate of drug-likeness (QED) is 0.691. The number of hydrogen-bond donors (Lipinski definition) is 0. The molecule has 1 atom stereocenters. The van der Waals surface area contributed by atoms with E-state index in [4.69, 9.17) is 4.74 Å². The second-order valence-corrected chi connectivity index (χ2v) is 4.10. The Bertz CT molecular complexity index is 382. The van der Waals surface area contributed by atoms with Crippen LogP contribution in [0.2, 0.25) is 0 Å². The van der Waals surface area contributed by atoms with Crippen LogP contribution >= 0.6 is 0 Å². The van der Waals surface area contributed by atoms with Crippen LogP contribution in [0.25, 0.3) is 0 Å². The molecule has 0 N–H and O–H groups in total. The first-order valence-corrected chi connectivity index (χ1v) is 5.47. The normalized spacial score (nSPS) is 18.7. The molecule has 1 aliphatic carbocycles. The van der Waals surface area contributed by atoms with Gasteiger partial charge in [-0.25, -0.2) is 0 Å². The summed E-state index contributed by atoms with van der Waals surface area (Å²) < 4.78 is 5.23. The number of hydrogen-bond acceptors (Lipinski definition) is 2. The Hall–Kier alpha value is -1.31. The lowest BCUT2D eigenvalue weighted by Gasteiger charge is -2.08. The van der Waals surface area contributed by atoms with Crippen LogP contribution in [-0.2, 0) is 28.8 Å². The van der Waals surface area contributed by atoms with E-state index < -0.39 is 0 Å². The van der Waals surface area contributed by atoms with Crippen LogP contribution in [0.3, 0.4) is 0 Å². The third-order valence-electron chi connectivity index (χ3n) is 2.91. The molecule has 1 aromatic rings. The van der Waals surface area contributed by atoms with Crippen LogP contribution in [0.15, 0.2) is 18.2 Å². The SMILES string of the molecule is CCc1ccc2c(c1)CC(OC(C)=O)C2. The van der Waals surface area contributed by atoms with Gasteiger partial charge in [0.05, 0.1) is 0 Å². The van der Waals surface area contributed by atoms with E-state index in [9.17, 15) is 4.79 Å². The first-order valence-electron chi connectivity index (χ1n) is 5.47. The summed E-state index contributed by atoms with van der Waals surface area (Å²) in [7, 11) is 0. The van der Waals surface area contributed by atoms with Crippen molar-refractivity contribution in [3.63, 3.8) is 0 Å². The number of fused-ring (bicyclic) bond motifs is 1. The number of esters is 1. The standard InChI is InChI=1S/C13H16O2/c1-3-10-4-5-11-7-13(15-9(2)14)8-12(11)6-10/h4-6,13H,3,7-8H2,1-2H3. The van der Waals surface area contributed by atoms with Gasteiger partial charge < -0.3 is 4.74 Å². The van der Waals surface area contributed by atoms with Gasteiger partial charge in [0.2, 0.25) is 0 Å². The Morgan fingerprint density at radius 3 is 2.80 bits per heavy atom. The fourth-order valence-corrected chi connectivity index (χ4v) is 2.17. The number of benzene rings is 1. The fourth-order valence-electron chi connectivity index (χ4n) is 2.17. The average molecular weight is 204 g/mol. The highest BCUT2D eigenvalue weighted by molar-refractivity contribution is 5.66. The second-order valence-electron chi connectivity index (χ2n) is 4.10. The highest BCUT2D eigenvalue weighted by atomic mass is 16.5. The lowest BCUT2D eigenvalue weighted by atomic mass is 10.1. The van der Waals surface area contributed by atoms with Gasteiger partial charge in [0, 0.05) is 19.8 Å². The van der Waals surface area contributed by atoms with E-state index in [-0.39, 0.29) is 12.1 Å². The highest BCUT2D eigenvalue weighted by Gasteiger charge is 2.23. The lowest BCUT2D eigenvalue weighted by Crippen LogP contribution is -2.15. The van der Waals surface area contributed by atoms with Crippen molar-refractivity contribution in [2.75, 3.05) is 0 Å². The van der Waals surface area contributed by atoms with Gasteiger partial charge in [-0.05, 0) is 23.1 Å². The van der Waals surface area contributed by atoms with Gasteiger partial charge in [-0.2, -0.15) is 0 Å². The highest BCUT2D eigenvalue weighted by Crippen LogP contribution is 2.25. The van der Waals surface area contributed by atoms with Gasteiger partial charge in [-0.3, -0.25) is 4.79 Å². The molecule has 0 heterocycles. The third-order valence-corrected chi connectivity index (χ3v) is 2.91. The van der Waals surface area contributed by atoms with Crippen LogP contribution in [-0.4, -0.2) is 12.1 Å². The Kier molecular flexibility index (Phi) is 2.76. The van der Waals surface area contributed by atoms with Gasteiger partial charge in [-0.1, -0.05) is 25.1 Å². The van der Waals surface area contributed by atoms with E-state index in [0.29, 0.717) is 0 Å². The summed E-state index contributed by atoms with van der Waals surface area (Å²) in [6, 6.07) is 6.56. The lowest BCUT2D eigenvalue weighted by molar-refractivity contribution is -0.145.